The number of thioether (sulfide) groups is 1. The fourth-order valence-electron chi connectivity index (χ4n) is 5.39. The number of carboxylic acid groups (broad SMARTS) is 1. The zero-order chi connectivity index (χ0) is 24.6. The molecule has 2 aromatic rings. The molecule has 0 aromatic heterocycles. The molecule has 1 heterocycles. The largest absolute Gasteiger partial charge is 0.508 e. The number of fused-ring (bicyclic) bond motifs is 1. The van der Waals surface area contributed by atoms with Gasteiger partial charge in [-0.2, -0.15) is 0 Å². The van der Waals surface area contributed by atoms with Crippen molar-refractivity contribution in [2.45, 2.75) is 94.3 Å². The summed E-state index contributed by atoms with van der Waals surface area (Å²) in [5, 5.41) is 29.1. The molecule has 0 spiro atoms. The van der Waals surface area contributed by atoms with E-state index in [1.165, 1.54) is 35.3 Å². The number of aromatic hydroxyl groups is 2. The van der Waals surface area contributed by atoms with Gasteiger partial charge in [0.2, 0.25) is 0 Å². The van der Waals surface area contributed by atoms with Crippen molar-refractivity contribution >= 4 is 17.7 Å². The van der Waals surface area contributed by atoms with Crippen molar-refractivity contribution < 1.29 is 20.1 Å². The zero-order valence-electron chi connectivity index (χ0n) is 20.6. The van der Waals surface area contributed by atoms with E-state index in [-0.39, 0.29) is 11.3 Å². The van der Waals surface area contributed by atoms with E-state index < -0.39 is 5.97 Å². The number of phenols is 2. The third kappa shape index (κ3) is 6.71. The Morgan fingerprint density at radius 1 is 0.971 bits per heavy atom. The van der Waals surface area contributed by atoms with E-state index in [0.717, 1.165) is 50.7 Å². The summed E-state index contributed by atoms with van der Waals surface area (Å²) >= 11 is 1.81. The molecule has 3 N–H and O–H groups in total. The van der Waals surface area contributed by atoms with Crippen LogP contribution in [0.2, 0.25) is 0 Å². The minimum absolute atomic E-state index is 0.0343. The molecular weight excluding hydrogens is 444 g/mol. The Morgan fingerprint density at radius 3 is 2.29 bits per heavy atom. The van der Waals surface area contributed by atoms with Crippen molar-refractivity contribution in [2.75, 3.05) is 5.75 Å². The molecule has 4 nitrogen and oxygen atoms in total. The lowest BCUT2D eigenvalue weighted by molar-refractivity contribution is -0.142. The number of aliphatic carboxylic acids is 1. The van der Waals surface area contributed by atoms with Gasteiger partial charge >= 0.3 is 5.97 Å². The molecule has 0 bridgehead atoms. The number of carboxylic acids is 1. The number of benzene rings is 2. The normalized spacial score (nSPS) is 20.6. The molecule has 1 aliphatic rings. The van der Waals surface area contributed by atoms with Crippen LogP contribution < -0.4 is 0 Å². The Balaban J connectivity index is 1.55. The summed E-state index contributed by atoms with van der Waals surface area (Å²) in [6, 6.07) is 13.5. The van der Waals surface area contributed by atoms with Gasteiger partial charge in [0.1, 0.15) is 11.5 Å². The number of rotatable bonds is 13. The van der Waals surface area contributed by atoms with Crippen molar-refractivity contribution in [3.05, 3.63) is 53.6 Å². The number of phenolic OH excluding ortho intramolecular Hbond substituents is 2. The maximum absolute atomic E-state index is 11.3. The number of hydrogen-bond acceptors (Lipinski definition) is 4. The summed E-state index contributed by atoms with van der Waals surface area (Å²) in [6.07, 6.45) is 10.4. The third-order valence-electron chi connectivity index (χ3n) is 7.48. The molecule has 0 saturated carbocycles. The molecule has 186 valence electrons. The quantitative estimate of drug-likeness (QED) is 0.252. The maximum Gasteiger partial charge on any atom is 0.306 e. The van der Waals surface area contributed by atoms with E-state index in [2.05, 4.69) is 32.0 Å². The number of unbranched alkanes of at least 4 members (excludes halogenated alkanes) is 5. The van der Waals surface area contributed by atoms with Crippen LogP contribution >= 0.6 is 11.8 Å². The zero-order valence-corrected chi connectivity index (χ0v) is 21.4. The van der Waals surface area contributed by atoms with E-state index in [9.17, 15) is 20.1 Å². The van der Waals surface area contributed by atoms with Gasteiger partial charge in [0, 0.05) is 16.1 Å². The molecule has 34 heavy (non-hydrogen) atoms. The lowest BCUT2D eigenvalue weighted by Crippen LogP contribution is -2.36. The van der Waals surface area contributed by atoms with Crippen LogP contribution in [-0.2, 0) is 10.2 Å². The second kappa shape index (κ2) is 12.5. The molecule has 1 unspecified atom stereocenters. The second-order valence-corrected chi connectivity index (χ2v) is 11.1. The van der Waals surface area contributed by atoms with Gasteiger partial charge in [-0.25, -0.2) is 0 Å². The number of hydrogen-bond donors (Lipinski definition) is 3. The van der Waals surface area contributed by atoms with Gasteiger partial charge in [0.25, 0.3) is 0 Å². The van der Waals surface area contributed by atoms with Crippen molar-refractivity contribution in [3.63, 3.8) is 0 Å². The Morgan fingerprint density at radius 2 is 1.62 bits per heavy atom. The van der Waals surface area contributed by atoms with Crippen molar-refractivity contribution in [1.82, 2.24) is 0 Å². The summed E-state index contributed by atoms with van der Waals surface area (Å²) in [7, 11) is 0. The summed E-state index contributed by atoms with van der Waals surface area (Å²) < 4.78 is 0. The monoisotopic (exact) mass is 484 g/mol. The molecule has 0 saturated heterocycles. The first-order valence-electron chi connectivity index (χ1n) is 12.8. The summed E-state index contributed by atoms with van der Waals surface area (Å²) in [4.78, 5) is 12.5. The molecule has 3 atom stereocenters. The van der Waals surface area contributed by atoms with Crippen molar-refractivity contribution in [1.29, 1.82) is 0 Å². The predicted octanol–water partition coefficient (Wildman–Crippen LogP) is 7.87. The molecule has 0 aliphatic carbocycles. The number of carbonyl (C=O) groups is 1. The summed E-state index contributed by atoms with van der Waals surface area (Å²) in [5.41, 5.74) is 2.54. The van der Waals surface area contributed by atoms with Crippen LogP contribution in [0.25, 0.3) is 0 Å². The van der Waals surface area contributed by atoms with Crippen LogP contribution in [0, 0.1) is 5.92 Å². The van der Waals surface area contributed by atoms with Crippen LogP contribution in [0.15, 0.2) is 47.4 Å². The first kappa shape index (κ1) is 26.5. The molecule has 0 amide bonds. The van der Waals surface area contributed by atoms with Crippen LogP contribution in [0.1, 0.15) is 95.1 Å². The lowest BCUT2D eigenvalue weighted by Gasteiger charge is -2.43. The Hall–Kier alpha value is -2.14. The van der Waals surface area contributed by atoms with E-state index >= 15 is 0 Å². The minimum Gasteiger partial charge on any atom is -0.508 e. The van der Waals surface area contributed by atoms with Crippen LogP contribution in [0.3, 0.4) is 0 Å². The highest BCUT2D eigenvalue weighted by Crippen LogP contribution is 2.52. The average molecular weight is 485 g/mol. The third-order valence-corrected chi connectivity index (χ3v) is 8.89. The predicted molar refractivity (Wildman–Crippen MR) is 140 cm³/mol. The summed E-state index contributed by atoms with van der Waals surface area (Å²) in [5.74, 6) is 1.11. The van der Waals surface area contributed by atoms with E-state index in [4.69, 9.17) is 0 Å². The van der Waals surface area contributed by atoms with Gasteiger partial charge in [-0.1, -0.05) is 77.0 Å². The van der Waals surface area contributed by atoms with Crippen molar-refractivity contribution in [3.8, 4) is 11.5 Å². The Bertz CT molecular complexity index is 926. The fraction of sp³-hybridized carbons (Fsp3) is 0.552. The Kier molecular flexibility index (Phi) is 9.75. The van der Waals surface area contributed by atoms with Crippen LogP contribution in [0.5, 0.6) is 11.5 Å². The highest BCUT2D eigenvalue weighted by Gasteiger charge is 2.41. The van der Waals surface area contributed by atoms with Crippen LogP contribution in [-0.4, -0.2) is 27.0 Å². The molecule has 3 rings (SSSR count). The molecule has 5 heteroatoms. The van der Waals surface area contributed by atoms with Gasteiger partial charge in [-0.3, -0.25) is 4.79 Å². The average Bonchev–Trinajstić information content (AvgIpc) is 2.81. The Labute approximate surface area is 208 Å². The highest BCUT2D eigenvalue weighted by atomic mass is 32.2. The van der Waals surface area contributed by atoms with E-state index in [0.29, 0.717) is 17.4 Å². The fourth-order valence-corrected chi connectivity index (χ4v) is 6.80. The molecule has 1 aliphatic heterocycles. The summed E-state index contributed by atoms with van der Waals surface area (Å²) in [6.45, 7) is 4.39. The molecule has 0 radical (unpaired) electrons. The van der Waals surface area contributed by atoms with Gasteiger partial charge in [-0.05, 0) is 60.6 Å². The topological polar surface area (TPSA) is 77.8 Å². The van der Waals surface area contributed by atoms with Gasteiger partial charge < -0.3 is 15.3 Å². The molecule has 0 fully saturated rings. The first-order chi connectivity index (χ1) is 16.3. The molecular formula is C29H40O4S. The SMILES string of the molecule is CCCC(CCCCCCCC[C@@H]1c2ccc(O)cc2SC[C@]1(C)c1ccc(O)cc1)C(=O)O. The lowest BCUT2D eigenvalue weighted by atomic mass is 9.68. The highest BCUT2D eigenvalue weighted by molar-refractivity contribution is 7.99. The van der Waals surface area contributed by atoms with Gasteiger partial charge in [-0.15, -0.1) is 11.8 Å². The minimum atomic E-state index is -0.641. The van der Waals surface area contributed by atoms with Crippen molar-refractivity contribution in [2.24, 2.45) is 5.92 Å². The molecule has 2 aromatic carbocycles. The second-order valence-electron chi connectivity index (χ2n) is 10.1. The van der Waals surface area contributed by atoms with Crippen LogP contribution in [0.4, 0.5) is 0 Å². The van der Waals surface area contributed by atoms with E-state index in [1.807, 2.05) is 17.8 Å². The van der Waals surface area contributed by atoms with E-state index in [1.54, 1.807) is 18.2 Å². The van der Waals surface area contributed by atoms with Gasteiger partial charge in [0.05, 0.1) is 5.92 Å². The first-order valence-corrected chi connectivity index (χ1v) is 13.8. The smallest absolute Gasteiger partial charge is 0.306 e. The standard InChI is InChI=1S/C29H40O4S/c1-3-10-21(28(32)33)11-8-6-4-5-7-9-12-26-25-18-17-24(31)19-27(25)34-20-29(26,2)22-13-15-23(30)16-14-22/h13-19,21,26,30-31H,3-12,20H2,1-2H3,(H,32,33)/t21?,26-,29-/m1/s1. The van der Waals surface area contributed by atoms with Gasteiger partial charge in [0.15, 0.2) is 0 Å². The maximum atomic E-state index is 11.3.